The van der Waals surface area contributed by atoms with Crippen molar-refractivity contribution < 1.29 is 8.42 Å². The normalized spacial score (nSPS) is 24.3. The van der Waals surface area contributed by atoms with E-state index < -0.39 is 10.2 Å². The first-order valence-corrected chi connectivity index (χ1v) is 9.03. The van der Waals surface area contributed by atoms with E-state index in [0.29, 0.717) is 25.0 Å². The highest BCUT2D eigenvalue weighted by atomic mass is 32.2. The molecule has 1 unspecified atom stereocenters. The molecule has 1 aromatic heterocycles. The fraction of sp³-hybridized carbons (Fsp3) is 0.769. The number of hydrogen-bond acceptors (Lipinski definition) is 4. The molecule has 2 fully saturated rings. The lowest BCUT2D eigenvalue weighted by molar-refractivity contribution is 0.257. The van der Waals surface area contributed by atoms with Crippen LogP contribution in [0.5, 0.6) is 0 Å². The molecular weight excluding hydrogens is 290 g/mol. The van der Waals surface area contributed by atoms with Gasteiger partial charge in [-0.1, -0.05) is 0 Å². The van der Waals surface area contributed by atoms with Crippen molar-refractivity contribution >= 4 is 10.2 Å². The maximum absolute atomic E-state index is 12.3. The lowest BCUT2D eigenvalue weighted by Crippen LogP contribution is -2.47. The Kier molecular flexibility index (Phi) is 4.58. The second-order valence-electron chi connectivity index (χ2n) is 5.98. The molecule has 0 bridgehead atoms. The molecule has 8 heteroatoms. The van der Waals surface area contributed by atoms with Crippen LogP contribution in [-0.4, -0.2) is 48.6 Å². The number of nitrogens with one attached hydrogen (secondary N) is 3. The quantitative estimate of drug-likeness (QED) is 0.671. The van der Waals surface area contributed by atoms with Crippen LogP contribution in [0.2, 0.25) is 0 Å². The highest BCUT2D eigenvalue weighted by molar-refractivity contribution is 7.87. The topological polar surface area (TPSA) is 90.1 Å². The fourth-order valence-electron chi connectivity index (χ4n) is 2.67. The van der Waals surface area contributed by atoms with E-state index in [2.05, 4.69) is 20.2 Å². The summed E-state index contributed by atoms with van der Waals surface area (Å²) in [7, 11) is -3.40. The molecule has 1 aliphatic carbocycles. The fourth-order valence-corrected chi connectivity index (χ4v) is 3.98. The van der Waals surface area contributed by atoms with Gasteiger partial charge in [0, 0.05) is 37.4 Å². The van der Waals surface area contributed by atoms with Gasteiger partial charge in [0.05, 0.1) is 6.20 Å². The van der Waals surface area contributed by atoms with Gasteiger partial charge in [0.2, 0.25) is 0 Å². The van der Waals surface area contributed by atoms with E-state index in [1.165, 1.54) is 12.8 Å². The van der Waals surface area contributed by atoms with Gasteiger partial charge >= 0.3 is 0 Å². The summed E-state index contributed by atoms with van der Waals surface area (Å²) in [5.41, 5.74) is 0.836. The van der Waals surface area contributed by atoms with E-state index in [-0.39, 0.29) is 6.54 Å². The molecule has 2 aliphatic rings. The minimum atomic E-state index is -3.40. The lowest BCUT2D eigenvalue weighted by Gasteiger charge is -2.32. The maximum Gasteiger partial charge on any atom is 0.279 e. The predicted molar refractivity (Wildman–Crippen MR) is 79.7 cm³/mol. The average molecular weight is 313 g/mol. The minimum absolute atomic E-state index is 0.278. The summed E-state index contributed by atoms with van der Waals surface area (Å²) in [5.74, 6) is 0.421. The van der Waals surface area contributed by atoms with Crippen molar-refractivity contribution in [2.75, 3.05) is 19.6 Å². The molecule has 3 rings (SSSR count). The Labute approximate surface area is 125 Å². The first kappa shape index (κ1) is 15.0. The van der Waals surface area contributed by atoms with Crippen molar-refractivity contribution in [3.8, 4) is 0 Å². The van der Waals surface area contributed by atoms with Gasteiger partial charge < -0.3 is 5.32 Å². The summed E-state index contributed by atoms with van der Waals surface area (Å²) in [6, 6.07) is 0.677. The first-order chi connectivity index (χ1) is 10.1. The van der Waals surface area contributed by atoms with Crippen LogP contribution >= 0.6 is 0 Å². The Morgan fingerprint density at radius 3 is 2.95 bits per heavy atom. The van der Waals surface area contributed by atoms with Crippen LogP contribution < -0.4 is 10.0 Å². The monoisotopic (exact) mass is 313 g/mol. The van der Waals surface area contributed by atoms with Crippen LogP contribution in [-0.2, 0) is 16.8 Å². The minimum Gasteiger partial charge on any atom is -0.314 e. The molecule has 0 spiro atoms. The molecule has 21 heavy (non-hydrogen) atoms. The van der Waals surface area contributed by atoms with E-state index >= 15 is 0 Å². The van der Waals surface area contributed by atoms with Crippen molar-refractivity contribution in [3.63, 3.8) is 0 Å². The van der Waals surface area contributed by atoms with E-state index in [4.69, 9.17) is 0 Å². The number of H-pyrrole nitrogens is 1. The third-order valence-electron chi connectivity index (χ3n) is 4.11. The predicted octanol–water partition coefficient (Wildman–Crippen LogP) is 0.208. The summed E-state index contributed by atoms with van der Waals surface area (Å²) >= 11 is 0. The lowest BCUT2D eigenvalue weighted by atomic mass is 10.00. The number of aromatic nitrogens is 2. The molecule has 1 atom stereocenters. The average Bonchev–Trinajstić information content (AvgIpc) is 3.17. The molecule has 3 N–H and O–H groups in total. The molecule has 1 aromatic rings. The zero-order chi connectivity index (χ0) is 14.7. The van der Waals surface area contributed by atoms with Gasteiger partial charge in [-0.2, -0.15) is 22.5 Å². The zero-order valence-corrected chi connectivity index (χ0v) is 12.9. The second-order valence-corrected chi connectivity index (χ2v) is 7.74. The van der Waals surface area contributed by atoms with Crippen LogP contribution in [0.15, 0.2) is 12.4 Å². The standard InChI is InChI=1S/C13H23N5O2S/c19-21(20,17-9-12-7-15-16-8-12)18-5-1-2-11(10-18)6-14-13-3-4-13/h7-8,11,13-14,17H,1-6,9-10H2,(H,15,16). The van der Waals surface area contributed by atoms with Crippen molar-refractivity contribution in [2.24, 2.45) is 5.92 Å². The zero-order valence-electron chi connectivity index (χ0n) is 12.1. The van der Waals surface area contributed by atoms with Crippen LogP contribution in [0.4, 0.5) is 0 Å². The summed E-state index contributed by atoms with van der Waals surface area (Å²) in [5, 5.41) is 9.99. The molecule has 7 nitrogen and oxygen atoms in total. The third kappa shape index (κ3) is 4.26. The molecule has 1 saturated carbocycles. The molecule has 2 heterocycles. The Morgan fingerprint density at radius 1 is 1.38 bits per heavy atom. The molecule has 118 valence electrons. The number of aromatic amines is 1. The second kappa shape index (κ2) is 6.43. The van der Waals surface area contributed by atoms with Gasteiger partial charge in [0.1, 0.15) is 0 Å². The van der Waals surface area contributed by atoms with Crippen LogP contribution in [0.1, 0.15) is 31.2 Å². The van der Waals surface area contributed by atoms with Crippen molar-refractivity contribution in [2.45, 2.75) is 38.3 Å². The highest BCUT2D eigenvalue weighted by Crippen LogP contribution is 2.22. The van der Waals surface area contributed by atoms with Crippen LogP contribution in [0.3, 0.4) is 0 Å². The van der Waals surface area contributed by atoms with Gasteiger partial charge in [-0.3, -0.25) is 5.10 Å². The number of hydrogen-bond donors (Lipinski definition) is 3. The number of piperidine rings is 1. The molecular formula is C13H23N5O2S. The Hall–Kier alpha value is -0.960. The van der Waals surface area contributed by atoms with Crippen LogP contribution in [0, 0.1) is 5.92 Å². The Balaban J connectivity index is 1.50. The molecule has 0 aromatic carbocycles. The smallest absolute Gasteiger partial charge is 0.279 e. The maximum atomic E-state index is 12.3. The molecule has 1 saturated heterocycles. The van der Waals surface area contributed by atoms with Gasteiger partial charge in [-0.25, -0.2) is 0 Å². The Bertz CT molecular complexity index is 541. The van der Waals surface area contributed by atoms with Crippen molar-refractivity contribution in [1.29, 1.82) is 0 Å². The summed E-state index contributed by atoms with van der Waals surface area (Å²) in [6.07, 6.45) is 7.89. The third-order valence-corrected chi connectivity index (χ3v) is 5.63. The van der Waals surface area contributed by atoms with E-state index in [1.807, 2.05) is 0 Å². The van der Waals surface area contributed by atoms with E-state index in [1.54, 1.807) is 16.7 Å². The number of nitrogens with zero attached hydrogens (tertiary/aromatic N) is 2. The SMILES string of the molecule is O=S(=O)(NCc1cn[nH]c1)N1CCCC(CNC2CC2)C1. The summed E-state index contributed by atoms with van der Waals surface area (Å²) in [6.45, 7) is 2.43. The molecule has 0 amide bonds. The summed E-state index contributed by atoms with van der Waals surface area (Å²) < 4.78 is 28.9. The van der Waals surface area contributed by atoms with Crippen molar-refractivity contribution in [1.82, 2.24) is 24.5 Å². The number of rotatable bonds is 7. The van der Waals surface area contributed by atoms with Gasteiger partial charge in [-0.15, -0.1) is 0 Å². The largest absolute Gasteiger partial charge is 0.314 e. The van der Waals surface area contributed by atoms with Crippen molar-refractivity contribution in [3.05, 3.63) is 18.0 Å². The van der Waals surface area contributed by atoms with E-state index in [0.717, 1.165) is 24.9 Å². The van der Waals surface area contributed by atoms with E-state index in [9.17, 15) is 8.42 Å². The van der Waals surface area contributed by atoms with Gasteiger partial charge in [-0.05, 0) is 38.1 Å². The molecule has 0 radical (unpaired) electrons. The van der Waals surface area contributed by atoms with Gasteiger partial charge in [0.25, 0.3) is 10.2 Å². The highest BCUT2D eigenvalue weighted by Gasteiger charge is 2.30. The van der Waals surface area contributed by atoms with Crippen LogP contribution in [0.25, 0.3) is 0 Å². The summed E-state index contributed by atoms with van der Waals surface area (Å²) in [4.78, 5) is 0. The molecule has 1 aliphatic heterocycles. The Morgan fingerprint density at radius 2 is 2.24 bits per heavy atom. The first-order valence-electron chi connectivity index (χ1n) is 7.59. The van der Waals surface area contributed by atoms with Gasteiger partial charge in [0.15, 0.2) is 0 Å².